The highest BCUT2D eigenvalue weighted by molar-refractivity contribution is 5.73. The summed E-state index contributed by atoms with van der Waals surface area (Å²) in [6.45, 7) is 1.68. The molecule has 0 atom stereocenters. The summed E-state index contributed by atoms with van der Waals surface area (Å²) in [5, 5.41) is 9.76. The molecule has 2 aromatic rings. The zero-order valence-corrected chi connectivity index (χ0v) is 7.39. The maximum absolute atomic E-state index is 11.3. The molecule has 0 amide bonds. The first-order valence-corrected chi connectivity index (χ1v) is 3.95. The van der Waals surface area contributed by atoms with E-state index in [4.69, 9.17) is 5.73 Å². The first-order valence-electron chi connectivity index (χ1n) is 3.95. The molecule has 0 aliphatic rings. The topological polar surface area (TPSA) is 123 Å². The van der Waals surface area contributed by atoms with E-state index < -0.39 is 5.56 Å². The highest BCUT2D eigenvalue weighted by Crippen LogP contribution is 2.17. The van der Waals surface area contributed by atoms with Crippen molar-refractivity contribution in [3.05, 3.63) is 26.4 Å². The van der Waals surface area contributed by atoms with E-state index in [9.17, 15) is 9.59 Å². The van der Waals surface area contributed by atoms with Crippen molar-refractivity contribution in [2.45, 2.75) is 6.92 Å². The highest BCUT2D eigenvalue weighted by atomic mass is 16.1. The molecule has 6 N–H and O–H groups in total. The Kier molecular flexibility index (Phi) is 1.60. The van der Waals surface area contributed by atoms with Gasteiger partial charge in [-0.05, 0) is 6.92 Å². The zero-order valence-electron chi connectivity index (χ0n) is 7.39. The Morgan fingerprint density at radius 2 is 1.50 bits per heavy atom. The summed E-state index contributed by atoms with van der Waals surface area (Å²) in [4.78, 5) is 22.6. The van der Waals surface area contributed by atoms with Crippen molar-refractivity contribution in [2.24, 2.45) is 0 Å². The molecule has 0 radical (unpaired) electrons. The minimum absolute atomic E-state index is 0.156. The average molecular weight is 195 g/mol. The molecular weight excluding hydrogens is 186 g/mol. The van der Waals surface area contributed by atoms with E-state index in [1.54, 1.807) is 6.92 Å². The number of rotatable bonds is 1. The molecule has 0 aromatic carbocycles. The van der Waals surface area contributed by atoms with Gasteiger partial charge >= 0.3 is 0 Å². The molecule has 0 bridgehead atoms. The maximum Gasteiger partial charge on any atom is 0.274 e. The Morgan fingerprint density at radius 1 is 0.929 bits per heavy atom. The normalized spacial score (nSPS) is 10.6. The van der Waals surface area contributed by atoms with Crippen LogP contribution in [0.4, 0.5) is 5.82 Å². The SMILES string of the molecule is Cc1[nH][nH]c(=O)c1-c1c(N)[nH][nH]c1=O. The van der Waals surface area contributed by atoms with Crippen LogP contribution < -0.4 is 16.9 Å². The van der Waals surface area contributed by atoms with Gasteiger partial charge in [0.05, 0.1) is 11.1 Å². The van der Waals surface area contributed by atoms with Crippen molar-refractivity contribution in [1.82, 2.24) is 20.4 Å². The quantitative estimate of drug-likeness (QED) is 0.412. The van der Waals surface area contributed by atoms with Crippen molar-refractivity contribution in [2.75, 3.05) is 5.73 Å². The van der Waals surface area contributed by atoms with Crippen LogP contribution in [0.3, 0.4) is 0 Å². The first-order chi connectivity index (χ1) is 6.61. The summed E-state index contributed by atoms with van der Waals surface area (Å²) < 4.78 is 0. The summed E-state index contributed by atoms with van der Waals surface area (Å²) in [6.07, 6.45) is 0. The number of aromatic amines is 4. The van der Waals surface area contributed by atoms with Crippen LogP contribution >= 0.6 is 0 Å². The van der Waals surface area contributed by atoms with Crippen LogP contribution in [0.2, 0.25) is 0 Å². The second kappa shape index (κ2) is 2.66. The molecule has 7 heteroatoms. The van der Waals surface area contributed by atoms with Gasteiger partial charge in [0.1, 0.15) is 5.82 Å². The van der Waals surface area contributed by atoms with E-state index in [1.807, 2.05) is 0 Å². The highest BCUT2D eigenvalue weighted by Gasteiger charge is 2.16. The molecular formula is C7H9N5O2. The molecule has 14 heavy (non-hydrogen) atoms. The molecule has 74 valence electrons. The monoisotopic (exact) mass is 195 g/mol. The third-order valence-electron chi connectivity index (χ3n) is 2.02. The number of aryl methyl sites for hydroxylation is 1. The molecule has 0 saturated heterocycles. The Morgan fingerprint density at radius 3 is 1.93 bits per heavy atom. The minimum Gasteiger partial charge on any atom is -0.383 e. The predicted molar refractivity (Wildman–Crippen MR) is 51.0 cm³/mol. The van der Waals surface area contributed by atoms with E-state index in [0.29, 0.717) is 5.69 Å². The molecule has 2 rings (SSSR count). The fraction of sp³-hybridized carbons (Fsp3) is 0.143. The third-order valence-corrected chi connectivity index (χ3v) is 2.02. The van der Waals surface area contributed by atoms with Crippen LogP contribution in [0.15, 0.2) is 9.59 Å². The third kappa shape index (κ3) is 0.987. The minimum atomic E-state index is -0.407. The fourth-order valence-corrected chi connectivity index (χ4v) is 1.37. The molecule has 0 saturated carbocycles. The van der Waals surface area contributed by atoms with E-state index in [2.05, 4.69) is 20.4 Å². The predicted octanol–water partition coefficient (Wildman–Crippen LogP) is -0.723. The molecule has 0 aliphatic carbocycles. The Balaban J connectivity index is 2.84. The van der Waals surface area contributed by atoms with E-state index >= 15 is 0 Å². The Hall–Kier alpha value is -2.18. The van der Waals surface area contributed by atoms with Crippen LogP contribution in [0.1, 0.15) is 5.69 Å². The lowest BCUT2D eigenvalue weighted by atomic mass is 10.1. The second-order valence-electron chi connectivity index (χ2n) is 2.95. The second-order valence-corrected chi connectivity index (χ2v) is 2.95. The van der Waals surface area contributed by atoms with Crippen molar-refractivity contribution in [3.63, 3.8) is 0 Å². The number of hydrogen-bond acceptors (Lipinski definition) is 3. The number of aromatic nitrogens is 4. The molecule has 0 unspecified atom stereocenters. The number of nitrogens with two attached hydrogens (primary N) is 1. The van der Waals surface area contributed by atoms with E-state index in [-0.39, 0.29) is 22.5 Å². The van der Waals surface area contributed by atoms with Gasteiger partial charge in [-0.15, -0.1) is 0 Å². The average Bonchev–Trinajstić information content (AvgIpc) is 2.60. The van der Waals surface area contributed by atoms with Gasteiger partial charge in [-0.3, -0.25) is 24.9 Å². The fourth-order valence-electron chi connectivity index (χ4n) is 1.37. The van der Waals surface area contributed by atoms with Gasteiger partial charge in [0, 0.05) is 5.69 Å². The summed E-state index contributed by atoms with van der Waals surface area (Å²) in [5.74, 6) is 0.156. The maximum atomic E-state index is 11.3. The van der Waals surface area contributed by atoms with Gasteiger partial charge in [0.25, 0.3) is 11.1 Å². The zero-order chi connectivity index (χ0) is 10.3. The molecule has 7 nitrogen and oxygen atoms in total. The van der Waals surface area contributed by atoms with Gasteiger partial charge < -0.3 is 10.8 Å². The van der Waals surface area contributed by atoms with Gasteiger partial charge in [0.2, 0.25) is 0 Å². The largest absolute Gasteiger partial charge is 0.383 e. The number of nitrogen functional groups attached to an aromatic ring is 1. The van der Waals surface area contributed by atoms with Crippen molar-refractivity contribution in [1.29, 1.82) is 0 Å². The number of nitrogens with one attached hydrogen (secondary N) is 4. The van der Waals surface area contributed by atoms with Crippen LogP contribution in [-0.4, -0.2) is 20.4 Å². The summed E-state index contributed by atoms with van der Waals surface area (Å²) in [5.41, 5.74) is 5.76. The van der Waals surface area contributed by atoms with Crippen molar-refractivity contribution in [3.8, 4) is 11.1 Å². The lowest BCUT2D eigenvalue weighted by Gasteiger charge is -1.92. The number of anilines is 1. The smallest absolute Gasteiger partial charge is 0.274 e. The molecule has 2 aromatic heterocycles. The van der Waals surface area contributed by atoms with Crippen LogP contribution in [0, 0.1) is 6.92 Å². The molecule has 0 spiro atoms. The van der Waals surface area contributed by atoms with E-state index in [0.717, 1.165) is 0 Å². The van der Waals surface area contributed by atoms with Crippen LogP contribution in [-0.2, 0) is 0 Å². The molecule has 0 fully saturated rings. The van der Waals surface area contributed by atoms with E-state index in [1.165, 1.54) is 0 Å². The summed E-state index contributed by atoms with van der Waals surface area (Å²) in [6, 6.07) is 0. The summed E-state index contributed by atoms with van der Waals surface area (Å²) >= 11 is 0. The number of hydrogen-bond donors (Lipinski definition) is 5. The Labute approximate surface area is 77.3 Å². The standard InChI is InChI=1S/C7H9N5O2/c1-2-3(6(13)11-9-2)4-5(8)10-12-7(4)14/h1H3,(H2,9,11,13)(H4,8,10,12,14). The van der Waals surface area contributed by atoms with Gasteiger partial charge in [-0.1, -0.05) is 0 Å². The van der Waals surface area contributed by atoms with Crippen molar-refractivity contribution < 1.29 is 0 Å². The van der Waals surface area contributed by atoms with Gasteiger partial charge in [-0.25, -0.2) is 0 Å². The van der Waals surface area contributed by atoms with Gasteiger partial charge in [0.15, 0.2) is 0 Å². The lowest BCUT2D eigenvalue weighted by Crippen LogP contribution is -2.10. The lowest BCUT2D eigenvalue weighted by molar-refractivity contribution is 1.02. The Bertz CT molecular complexity index is 517. The van der Waals surface area contributed by atoms with Crippen molar-refractivity contribution >= 4 is 5.82 Å². The molecule has 0 aliphatic heterocycles. The first kappa shape index (κ1) is 8.42. The molecule has 2 heterocycles. The van der Waals surface area contributed by atoms with Gasteiger partial charge in [-0.2, -0.15) is 0 Å². The van der Waals surface area contributed by atoms with Crippen LogP contribution in [0.5, 0.6) is 0 Å². The number of H-pyrrole nitrogens is 4. The van der Waals surface area contributed by atoms with Crippen LogP contribution in [0.25, 0.3) is 11.1 Å². The summed E-state index contributed by atoms with van der Waals surface area (Å²) in [7, 11) is 0.